The molecule has 20 heavy (non-hydrogen) atoms. The first-order chi connectivity index (χ1) is 8.72. The van der Waals surface area contributed by atoms with Crippen LogP contribution in [0.15, 0.2) is 6.33 Å². The van der Waals surface area contributed by atoms with Crippen molar-refractivity contribution in [1.29, 1.82) is 0 Å². The molecular weight excluding hydrogens is 295 g/mol. The summed E-state index contributed by atoms with van der Waals surface area (Å²) in [4.78, 5) is 10.7. The number of imidazole rings is 1. The van der Waals surface area contributed by atoms with E-state index in [0.717, 1.165) is 25.4 Å². The van der Waals surface area contributed by atoms with Gasteiger partial charge in [-0.1, -0.05) is 13.8 Å². The zero-order chi connectivity index (χ0) is 12.6. The molecule has 0 bridgehead atoms. The monoisotopic (exact) mass is 320 g/mol. The number of hydrogen-bond acceptors (Lipinski definition) is 3. The van der Waals surface area contributed by atoms with Crippen LogP contribution < -0.4 is 5.32 Å². The number of nitrogens with zero attached hydrogens (tertiary/aromatic N) is 2. The number of fused-ring (bicyclic) bond motifs is 2. The van der Waals surface area contributed by atoms with E-state index in [1.54, 1.807) is 0 Å². The predicted molar refractivity (Wildman–Crippen MR) is 87.0 cm³/mol. The van der Waals surface area contributed by atoms with Gasteiger partial charge in [0.1, 0.15) is 0 Å². The molecule has 3 heterocycles. The summed E-state index contributed by atoms with van der Waals surface area (Å²) in [5, 5.41) is 3.49. The number of piperidine rings is 1. The van der Waals surface area contributed by atoms with Crippen LogP contribution in [0.2, 0.25) is 0 Å². The van der Waals surface area contributed by atoms with Crippen LogP contribution in [0, 0.1) is 5.92 Å². The first-order valence-corrected chi connectivity index (χ1v) is 7.21. The molecule has 1 fully saturated rings. The second-order valence-corrected chi connectivity index (χ2v) is 6.10. The molecule has 0 unspecified atom stereocenters. The molecule has 2 N–H and O–H groups in total. The molecular formula is C14H26Cl2N4. The van der Waals surface area contributed by atoms with Gasteiger partial charge in [-0.3, -0.25) is 4.90 Å². The average molecular weight is 321 g/mol. The van der Waals surface area contributed by atoms with Crippen molar-refractivity contribution < 1.29 is 0 Å². The van der Waals surface area contributed by atoms with Crippen LogP contribution in [0.1, 0.15) is 38.1 Å². The Kier molecular flexibility index (Phi) is 6.32. The van der Waals surface area contributed by atoms with Crippen molar-refractivity contribution in [2.75, 3.05) is 26.2 Å². The number of aromatic nitrogens is 2. The van der Waals surface area contributed by atoms with Gasteiger partial charge in [0.15, 0.2) is 0 Å². The SMILES string of the molecule is CC(C)CN1CCc2[nH]cnc2C12CCNCC2.Cl.Cl. The van der Waals surface area contributed by atoms with E-state index < -0.39 is 0 Å². The molecule has 2 aliphatic heterocycles. The van der Waals surface area contributed by atoms with Crippen molar-refractivity contribution >= 4 is 24.8 Å². The molecule has 1 aromatic heterocycles. The summed E-state index contributed by atoms with van der Waals surface area (Å²) in [6.07, 6.45) is 5.39. The van der Waals surface area contributed by atoms with Crippen LogP contribution in [-0.4, -0.2) is 41.0 Å². The van der Waals surface area contributed by atoms with Gasteiger partial charge in [0.25, 0.3) is 0 Å². The molecule has 0 radical (unpaired) electrons. The lowest BCUT2D eigenvalue weighted by molar-refractivity contribution is 0.0290. The Balaban J connectivity index is 0.000001000. The summed E-state index contributed by atoms with van der Waals surface area (Å²) in [6, 6.07) is 0. The molecule has 0 atom stereocenters. The Labute approximate surface area is 133 Å². The van der Waals surface area contributed by atoms with Crippen molar-refractivity contribution in [1.82, 2.24) is 20.2 Å². The maximum absolute atomic E-state index is 4.67. The Morgan fingerprint density at radius 3 is 2.65 bits per heavy atom. The molecule has 3 rings (SSSR count). The molecule has 2 aliphatic rings. The smallest absolute Gasteiger partial charge is 0.0926 e. The van der Waals surface area contributed by atoms with Gasteiger partial charge >= 0.3 is 0 Å². The highest BCUT2D eigenvalue weighted by atomic mass is 35.5. The lowest BCUT2D eigenvalue weighted by Gasteiger charge is -2.49. The molecule has 0 aliphatic carbocycles. The summed E-state index contributed by atoms with van der Waals surface area (Å²) >= 11 is 0. The van der Waals surface area contributed by atoms with Crippen LogP contribution >= 0.6 is 24.8 Å². The molecule has 4 nitrogen and oxygen atoms in total. The maximum atomic E-state index is 4.67. The first kappa shape index (κ1) is 17.8. The van der Waals surface area contributed by atoms with Crippen LogP contribution in [-0.2, 0) is 12.0 Å². The van der Waals surface area contributed by atoms with E-state index in [-0.39, 0.29) is 30.4 Å². The normalized spacial score (nSPS) is 21.1. The summed E-state index contributed by atoms with van der Waals surface area (Å²) in [6.45, 7) is 9.21. The molecule has 0 aromatic carbocycles. The van der Waals surface area contributed by atoms with Gasteiger partial charge in [0, 0.05) is 25.2 Å². The highest BCUT2D eigenvalue weighted by molar-refractivity contribution is 5.85. The van der Waals surface area contributed by atoms with E-state index in [1.165, 1.54) is 37.3 Å². The number of H-pyrrole nitrogens is 1. The standard InChI is InChI=1S/C14H24N4.2ClH/c1-11(2)9-18-8-3-12-13(17-10-16-12)14(18)4-6-15-7-5-14;;/h10-11,15H,3-9H2,1-2H3,(H,16,17);2*1H. The highest BCUT2D eigenvalue weighted by Gasteiger charge is 2.45. The Bertz CT molecular complexity index is 413. The Hall–Kier alpha value is -0.290. The van der Waals surface area contributed by atoms with Gasteiger partial charge in [-0.15, -0.1) is 24.8 Å². The number of aromatic amines is 1. The van der Waals surface area contributed by atoms with Gasteiger partial charge in [-0.2, -0.15) is 0 Å². The second kappa shape index (κ2) is 7.12. The molecule has 1 saturated heterocycles. The van der Waals surface area contributed by atoms with E-state index >= 15 is 0 Å². The van der Waals surface area contributed by atoms with Crippen LogP contribution in [0.25, 0.3) is 0 Å². The third-order valence-corrected chi connectivity index (χ3v) is 4.41. The summed E-state index contributed by atoms with van der Waals surface area (Å²) < 4.78 is 0. The van der Waals surface area contributed by atoms with Crippen LogP contribution in [0.3, 0.4) is 0 Å². The largest absolute Gasteiger partial charge is 0.348 e. The highest BCUT2D eigenvalue weighted by Crippen LogP contribution is 2.40. The zero-order valence-corrected chi connectivity index (χ0v) is 13.9. The number of halogens is 2. The van der Waals surface area contributed by atoms with E-state index in [2.05, 4.69) is 34.0 Å². The van der Waals surface area contributed by atoms with E-state index in [1.807, 2.05) is 6.33 Å². The fraction of sp³-hybridized carbons (Fsp3) is 0.786. The van der Waals surface area contributed by atoms with E-state index in [4.69, 9.17) is 0 Å². The van der Waals surface area contributed by atoms with Gasteiger partial charge in [-0.25, -0.2) is 4.98 Å². The Morgan fingerprint density at radius 2 is 2.00 bits per heavy atom. The number of hydrogen-bond donors (Lipinski definition) is 2. The third-order valence-electron chi connectivity index (χ3n) is 4.41. The minimum Gasteiger partial charge on any atom is -0.348 e. The summed E-state index contributed by atoms with van der Waals surface area (Å²) in [5.41, 5.74) is 2.90. The van der Waals surface area contributed by atoms with Gasteiger partial charge in [0.2, 0.25) is 0 Å². The number of nitrogens with one attached hydrogen (secondary N) is 2. The van der Waals surface area contributed by atoms with Crippen molar-refractivity contribution in [3.05, 3.63) is 17.7 Å². The Morgan fingerprint density at radius 1 is 1.30 bits per heavy atom. The topological polar surface area (TPSA) is 44.0 Å². The van der Waals surface area contributed by atoms with Crippen LogP contribution in [0.4, 0.5) is 0 Å². The summed E-state index contributed by atoms with van der Waals surface area (Å²) in [5.74, 6) is 0.720. The molecule has 116 valence electrons. The van der Waals surface area contributed by atoms with Gasteiger partial charge < -0.3 is 10.3 Å². The van der Waals surface area contributed by atoms with Crippen molar-refractivity contribution in [2.45, 2.75) is 38.6 Å². The maximum Gasteiger partial charge on any atom is 0.0926 e. The van der Waals surface area contributed by atoms with Crippen molar-refractivity contribution in [3.8, 4) is 0 Å². The van der Waals surface area contributed by atoms with Crippen molar-refractivity contribution in [2.24, 2.45) is 5.92 Å². The third kappa shape index (κ3) is 2.98. The lowest BCUT2D eigenvalue weighted by Crippen LogP contribution is -2.56. The molecule has 1 aromatic rings. The number of rotatable bonds is 2. The van der Waals surface area contributed by atoms with E-state index in [0.29, 0.717) is 0 Å². The molecule has 0 saturated carbocycles. The first-order valence-electron chi connectivity index (χ1n) is 7.21. The van der Waals surface area contributed by atoms with E-state index in [9.17, 15) is 0 Å². The van der Waals surface area contributed by atoms with Crippen LogP contribution in [0.5, 0.6) is 0 Å². The fourth-order valence-electron chi connectivity index (χ4n) is 3.62. The van der Waals surface area contributed by atoms with Gasteiger partial charge in [0.05, 0.1) is 17.6 Å². The minimum absolute atomic E-state index is 0. The second-order valence-electron chi connectivity index (χ2n) is 6.10. The van der Waals surface area contributed by atoms with Crippen molar-refractivity contribution in [3.63, 3.8) is 0 Å². The molecule has 6 heteroatoms. The molecule has 0 amide bonds. The predicted octanol–water partition coefficient (Wildman–Crippen LogP) is 2.35. The quantitative estimate of drug-likeness (QED) is 0.879. The van der Waals surface area contributed by atoms with Gasteiger partial charge in [-0.05, 0) is 31.8 Å². The average Bonchev–Trinajstić information content (AvgIpc) is 2.83. The molecule has 1 spiro atoms. The zero-order valence-electron chi connectivity index (χ0n) is 12.3. The lowest BCUT2D eigenvalue weighted by atomic mass is 9.79. The summed E-state index contributed by atoms with van der Waals surface area (Å²) in [7, 11) is 0. The fourth-order valence-corrected chi connectivity index (χ4v) is 3.62. The minimum atomic E-state index is 0.